The molecule has 114 valence electrons. The maximum Gasteiger partial charge on any atom is 0.274 e. The molecule has 0 spiro atoms. The van der Waals surface area contributed by atoms with E-state index in [-0.39, 0.29) is 6.17 Å². The SMILES string of the molecule is Cc1cc(C)n([C@H](Nc2ccc(Br)c[nH+]2)c2ccc(C)o2)n1. The van der Waals surface area contributed by atoms with Crippen LogP contribution in [0.4, 0.5) is 5.82 Å². The number of hydrogen-bond donors (Lipinski definition) is 1. The van der Waals surface area contributed by atoms with Crippen LogP contribution >= 0.6 is 15.9 Å². The van der Waals surface area contributed by atoms with Crippen molar-refractivity contribution in [3.05, 3.63) is 63.9 Å². The maximum atomic E-state index is 5.81. The summed E-state index contributed by atoms with van der Waals surface area (Å²) in [6.07, 6.45) is 1.67. The van der Waals surface area contributed by atoms with E-state index in [2.05, 4.69) is 37.4 Å². The number of furan rings is 1. The van der Waals surface area contributed by atoms with Gasteiger partial charge >= 0.3 is 0 Å². The first-order valence-corrected chi connectivity index (χ1v) is 7.85. The molecule has 22 heavy (non-hydrogen) atoms. The number of aromatic nitrogens is 3. The number of rotatable bonds is 4. The number of aryl methyl sites for hydroxylation is 3. The predicted octanol–water partition coefficient (Wildman–Crippen LogP) is 3.64. The fraction of sp³-hybridized carbons (Fsp3) is 0.250. The summed E-state index contributed by atoms with van der Waals surface area (Å²) < 4.78 is 8.74. The Morgan fingerprint density at radius 3 is 2.59 bits per heavy atom. The Balaban J connectivity index is 1.99. The third-order valence-electron chi connectivity index (χ3n) is 3.39. The molecule has 5 nitrogen and oxygen atoms in total. The van der Waals surface area contributed by atoms with Crippen LogP contribution in [0.2, 0.25) is 0 Å². The van der Waals surface area contributed by atoms with Crippen LogP contribution in [0, 0.1) is 20.8 Å². The molecular weight excluding hydrogens is 344 g/mol. The van der Waals surface area contributed by atoms with Crippen molar-refractivity contribution in [2.45, 2.75) is 26.9 Å². The molecule has 0 fully saturated rings. The van der Waals surface area contributed by atoms with Crippen LogP contribution in [0.15, 0.2) is 45.4 Å². The minimum absolute atomic E-state index is 0.208. The first-order valence-electron chi connectivity index (χ1n) is 7.06. The summed E-state index contributed by atoms with van der Waals surface area (Å²) in [5.41, 5.74) is 2.05. The number of aromatic amines is 1. The lowest BCUT2D eigenvalue weighted by atomic mass is 10.3. The Morgan fingerprint density at radius 1 is 1.23 bits per heavy atom. The lowest BCUT2D eigenvalue weighted by Crippen LogP contribution is -2.25. The van der Waals surface area contributed by atoms with Crippen LogP contribution in [-0.4, -0.2) is 9.78 Å². The van der Waals surface area contributed by atoms with Crippen molar-refractivity contribution in [1.29, 1.82) is 0 Å². The summed E-state index contributed by atoms with van der Waals surface area (Å²) in [6.45, 7) is 5.96. The van der Waals surface area contributed by atoms with Gasteiger partial charge in [-0.05, 0) is 61.0 Å². The zero-order chi connectivity index (χ0) is 15.7. The average molecular weight is 362 g/mol. The molecule has 0 radical (unpaired) electrons. The highest BCUT2D eigenvalue weighted by atomic mass is 79.9. The van der Waals surface area contributed by atoms with E-state index in [9.17, 15) is 0 Å². The molecule has 0 bridgehead atoms. The molecule has 3 heterocycles. The van der Waals surface area contributed by atoms with Gasteiger partial charge in [-0.15, -0.1) is 0 Å². The van der Waals surface area contributed by atoms with E-state index in [1.807, 2.05) is 55.9 Å². The van der Waals surface area contributed by atoms with Gasteiger partial charge in [0.15, 0.2) is 5.76 Å². The van der Waals surface area contributed by atoms with Crippen LogP contribution in [0.25, 0.3) is 0 Å². The molecule has 0 saturated carbocycles. The number of hydrogen-bond acceptors (Lipinski definition) is 3. The molecule has 0 saturated heterocycles. The van der Waals surface area contributed by atoms with Crippen molar-refractivity contribution in [2.24, 2.45) is 0 Å². The molecule has 0 aliphatic heterocycles. The number of nitrogens with one attached hydrogen (secondary N) is 2. The molecule has 6 heteroatoms. The summed E-state index contributed by atoms with van der Waals surface area (Å²) in [5.74, 6) is 2.58. The van der Waals surface area contributed by atoms with E-state index < -0.39 is 0 Å². The van der Waals surface area contributed by atoms with Crippen LogP contribution in [0.3, 0.4) is 0 Å². The Labute approximate surface area is 137 Å². The molecule has 3 aromatic rings. The fourth-order valence-corrected chi connectivity index (χ4v) is 2.65. The van der Waals surface area contributed by atoms with Gasteiger partial charge in [-0.3, -0.25) is 0 Å². The zero-order valence-corrected chi connectivity index (χ0v) is 14.3. The van der Waals surface area contributed by atoms with Gasteiger partial charge in [-0.1, -0.05) is 0 Å². The average Bonchev–Trinajstić information content (AvgIpc) is 3.04. The number of anilines is 1. The second-order valence-electron chi connectivity index (χ2n) is 5.29. The van der Waals surface area contributed by atoms with Crippen LogP contribution in [0.5, 0.6) is 0 Å². The minimum Gasteiger partial charge on any atom is -0.460 e. The summed E-state index contributed by atoms with van der Waals surface area (Å²) in [6, 6.07) is 9.93. The number of halogens is 1. The minimum atomic E-state index is -0.208. The second-order valence-corrected chi connectivity index (χ2v) is 6.20. The molecule has 0 aliphatic carbocycles. The van der Waals surface area contributed by atoms with E-state index >= 15 is 0 Å². The molecule has 3 rings (SSSR count). The van der Waals surface area contributed by atoms with E-state index in [4.69, 9.17) is 4.42 Å². The van der Waals surface area contributed by atoms with Crippen molar-refractivity contribution in [2.75, 3.05) is 5.32 Å². The van der Waals surface area contributed by atoms with Gasteiger partial charge < -0.3 is 4.42 Å². The molecule has 0 amide bonds. The van der Waals surface area contributed by atoms with Crippen LogP contribution in [-0.2, 0) is 0 Å². The van der Waals surface area contributed by atoms with Crippen molar-refractivity contribution in [3.63, 3.8) is 0 Å². The molecule has 3 aromatic heterocycles. The Bertz CT molecular complexity index is 776. The Morgan fingerprint density at radius 2 is 2.05 bits per heavy atom. The fourth-order valence-electron chi connectivity index (χ4n) is 2.40. The summed E-state index contributed by atoms with van der Waals surface area (Å²) in [5, 5.41) is 8.02. The third kappa shape index (κ3) is 3.06. The van der Waals surface area contributed by atoms with Gasteiger partial charge in [-0.25, -0.2) is 15.0 Å². The van der Waals surface area contributed by atoms with Crippen molar-refractivity contribution < 1.29 is 9.40 Å². The highest BCUT2D eigenvalue weighted by Crippen LogP contribution is 2.23. The third-order valence-corrected chi connectivity index (χ3v) is 3.88. The highest BCUT2D eigenvalue weighted by Gasteiger charge is 2.24. The van der Waals surface area contributed by atoms with E-state index in [0.29, 0.717) is 0 Å². The molecule has 0 unspecified atom stereocenters. The smallest absolute Gasteiger partial charge is 0.274 e. The van der Waals surface area contributed by atoms with E-state index in [0.717, 1.165) is 33.2 Å². The van der Waals surface area contributed by atoms with Gasteiger partial charge in [0.25, 0.3) is 5.82 Å². The van der Waals surface area contributed by atoms with Crippen molar-refractivity contribution >= 4 is 21.7 Å². The quantitative estimate of drug-likeness (QED) is 0.771. The Hall–Kier alpha value is -2.08. The van der Waals surface area contributed by atoms with Crippen LogP contribution < -0.4 is 10.3 Å². The monoisotopic (exact) mass is 361 g/mol. The summed E-state index contributed by atoms with van der Waals surface area (Å²) in [7, 11) is 0. The Kier molecular flexibility index (Phi) is 4.02. The molecule has 0 aromatic carbocycles. The van der Waals surface area contributed by atoms with Gasteiger partial charge in [-0.2, -0.15) is 5.10 Å². The molecule has 0 aliphatic rings. The largest absolute Gasteiger partial charge is 0.460 e. The van der Waals surface area contributed by atoms with Gasteiger partial charge in [0.1, 0.15) is 12.0 Å². The van der Waals surface area contributed by atoms with E-state index in [1.54, 1.807) is 0 Å². The standard InChI is InChI=1S/C16H17BrN4O/c1-10-8-11(2)21(20-10)16(14-6-4-12(3)22-14)19-15-7-5-13(17)9-18-15/h4-9,16H,1-3H3,(H,18,19)/p+1/t16-/m0/s1. The first kappa shape index (κ1) is 14.8. The van der Waals surface area contributed by atoms with Crippen LogP contribution in [0.1, 0.15) is 29.1 Å². The predicted molar refractivity (Wildman–Crippen MR) is 87.6 cm³/mol. The maximum absolute atomic E-state index is 5.81. The summed E-state index contributed by atoms with van der Waals surface area (Å²) in [4.78, 5) is 3.20. The van der Waals surface area contributed by atoms with Gasteiger partial charge in [0, 0.05) is 11.8 Å². The number of pyridine rings is 1. The first-order chi connectivity index (χ1) is 10.5. The normalized spacial score (nSPS) is 12.4. The van der Waals surface area contributed by atoms with Crippen molar-refractivity contribution in [1.82, 2.24) is 9.78 Å². The molecular formula is C16H18BrN4O+. The molecule has 1 atom stereocenters. The summed E-state index contributed by atoms with van der Waals surface area (Å²) >= 11 is 3.42. The lowest BCUT2D eigenvalue weighted by Gasteiger charge is -2.14. The van der Waals surface area contributed by atoms with Crippen molar-refractivity contribution in [3.8, 4) is 0 Å². The highest BCUT2D eigenvalue weighted by molar-refractivity contribution is 9.10. The molecule has 2 N–H and O–H groups in total. The zero-order valence-electron chi connectivity index (χ0n) is 12.7. The van der Waals surface area contributed by atoms with Gasteiger partial charge in [0.05, 0.1) is 10.2 Å². The van der Waals surface area contributed by atoms with Gasteiger partial charge in [0.2, 0.25) is 6.17 Å². The second kappa shape index (κ2) is 5.96. The number of H-pyrrole nitrogens is 1. The van der Waals surface area contributed by atoms with E-state index in [1.165, 1.54) is 0 Å². The number of nitrogens with zero attached hydrogens (tertiary/aromatic N) is 2. The topological polar surface area (TPSA) is 57.1 Å². The lowest BCUT2D eigenvalue weighted by molar-refractivity contribution is -0.362.